The Morgan fingerprint density at radius 1 is 1.13 bits per heavy atom. The van der Waals surface area contributed by atoms with Crippen LogP contribution < -0.4 is 4.90 Å². The minimum atomic E-state index is 0.291. The molecule has 2 atom stereocenters. The largest absolute Gasteiger partial charge is 0.378 e. The third kappa shape index (κ3) is 4.14. The van der Waals surface area contributed by atoms with E-state index in [-0.39, 0.29) is 0 Å². The van der Waals surface area contributed by atoms with Crippen molar-refractivity contribution >= 4 is 0 Å². The average Bonchev–Trinajstić information content (AvgIpc) is 2.62. The number of hydrogen-bond donors (Lipinski definition) is 1. The number of hydrogen-bond acceptors (Lipinski definition) is 2. The lowest BCUT2D eigenvalue weighted by Gasteiger charge is -2.43. The summed E-state index contributed by atoms with van der Waals surface area (Å²) in [5, 5.41) is 0. The molecule has 2 fully saturated rings. The van der Waals surface area contributed by atoms with Gasteiger partial charge in [0.05, 0.1) is 25.9 Å². The van der Waals surface area contributed by atoms with Gasteiger partial charge in [0.1, 0.15) is 13.1 Å². The van der Waals surface area contributed by atoms with E-state index in [0.717, 1.165) is 39.3 Å². The highest BCUT2D eigenvalue weighted by Gasteiger charge is 2.40. The fraction of sp³-hybridized carbons (Fsp3) is 0.700. The van der Waals surface area contributed by atoms with Gasteiger partial charge in [0.15, 0.2) is 0 Å². The molecule has 0 spiro atoms. The lowest BCUT2D eigenvalue weighted by Crippen LogP contribution is -3.14. The molecule has 0 amide bonds. The summed E-state index contributed by atoms with van der Waals surface area (Å²) >= 11 is 0. The number of quaternary nitrogens is 1. The van der Waals surface area contributed by atoms with Gasteiger partial charge in [-0.3, -0.25) is 0 Å². The molecule has 0 bridgehead atoms. The van der Waals surface area contributed by atoms with E-state index >= 15 is 0 Å². The number of ether oxygens (including phenoxy) is 2. The summed E-state index contributed by atoms with van der Waals surface area (Å²) < 4.78 is 11.6. The van der Waals surface area contributed by atoms with Crippen LogP contribution >= 0.6 is 0 Å². The second kappa shape index (κ2) is 7.78. The van der Waals surface area contributed by atoms with Crippen molar-refractivity contribution in [2.24, 2.45) is 5.92 Å². The van der Waals surface area contributed by atoms with Crippen LogP contribution in [0.3, 0.4) is 0 Å². The van der Waals surface area contributed by atoms with E-state index in [4.69, 9.17) is 9.47 Å². The summed E-state index contributed by atoms with van der Waals surface area (Å²) in [5.41, 5.74) is 1.81. The quantitative estimate of drug-likeness (QED) is 0.898. The fourth-order valence-corrected chi connectivity index (χ4v) is 4.13. The molecule has 3 heteroatoms. The normalized spacial score (nSPS) is 29.8. The molecule has 0 radical (unpaired) electrons. The lowest BCUT2D eigenvalue weighted by molar-refractivity contribution is -0.908. The van der Waals surface area contributed by atoms with Crippen molar-refractivity contribution in [1.82, 2.24) is 0 Å². The van der Waals surface area contributed by atoms with Crippen LogP contribution in [-0.2, 0) is 14.9 Å². The maximum atomic E-state index is 6.08. The third-order valence-corrected chi connectivity index (χ3v) is 5.79. The van der Waals surface area contributed by atoms with Crippen molar-refractivity contribution in [2.45, 2.75) is 44.6 Å². The van der Waals surface area contributed by atoms with E-state index in [0.29, 0.717) is 17.4 Å². The van der Waals surface area contributed by atoms with Gasteiger partial charge >= 0.3 is 0 Å². The van der Waals surface area contributed by atoms with Crippen molar-refractivity contribution in [3.63, 3.8) is 0 Å². The Balaban J connectivity index is 1.75. The zero-order chi connectivity index (χ0) is 16.1. The molecule has 2 aliphatic rings. The second-order valence-corrected chi connectivity index (χ2v) is 7.62. The van der Waals surface area contributed by atoms with Gasteiger partial charge in [-0.05, 0) is 24.3 Å². The average molecular weight is 318 g/mol. The van der Waals surface area contributed by atoms with Crippen LogP contribution in [0.25, 0.3) is 0 Å². The van der Waals surface area contributed by atoms with Crippen LogP contribution in [0.2, 0.25) is 0 Å². The third-order valence-electron chi connectivity index (χ3n) is 5.79. The Bertz CT molecular complexity index is 470. The van der Waals surface area contributed by atoms with Crippen molar-refractivity contribution in [1.29, 1.82) is 0 Å². The molecule has 2 heterocycles. The van der Waals surface area contributed by atoms with Gasteiger partial charge < -0.3 is 14.4 Å². The summed E-state index contributed by atoms with van der Waals surface area (Å²) in [6.07, 6.45) is 3.98. The van der Waals surface area contributed by atoms with Crippen molar-refractivity contribution in [3.8, 4) is 0 Å². The number of morpholine rings is 1. The molecule has 3 rings (SSSR count). The van der Waals surface area contributed by atoms with Gasteiger partial charge in [0.2, 0.25) is 0 Å². The SMILES string of the molecule is CC(C)[C@H]1C[C@](CC[NH+]2CCOCC2)(c2ccccc2)CCO1. The van der Waals surface area contributed by atoms with Gasteiger partial charge in [-0.1, -0.05) is 44.2 Å². The van der Waals surface area contributed by atoms with Gasteiger partial charge in [-0.2, -0.15) is 0 Å². The van der Waals surface area contributed by atoms with Crippen LogP contribution in [-0.4, -0.2) is 45.6 Å². The summed E-state index contributed by atoms with van der Waals surface area (Å²) in [5.74, 6) is 0.592. The molecule has 0 aliphatic carbocycles. The Labute approximate surface area is 141 Å². The zero-order valence-electron chi connectivity index (χ0n) is 14.7. The molecule has 1 aromatic rings. The lowest BCUT2D eigenvalue weighted by atomic mass is 9.68. The Morgan fingerprint density at radius 2 is 1.87 bits per heavy atom. The first-order chi connectivity index (χ1) is 11.2. The van der Waals surface area contributed by atoms with E-state index in [9.17, 15) is 0 Å². The molecule has 2 aliphatic heterocycles. The van der Waals surface area contributed by atoms with Crippen LogP contribution in [0.15, 0.2) is 30.3 Å². The molecule has 2 saturated heterocycles. The van der Waals surface area contributed by atoms with E-state index in [2.05, 4.69) is 44.2 Å². The predicted octanol–water partition coefficient (Wildman–Crippen LogP) is 2.06. The van der Waals surface area contributed by atoms with E-state index in [1.54, 1.807) is 4.90 Å². The van der Waals surface area contributed by atoms with Crippen molar-refractivity contribution < 1.29 is 14.4 Å². The molecule has 128 valence electrons. The van der Waals surface area contributed by atoms with Gasteiger partial charge in [-0.25, -0.2) is 0 Å². The van der Waals surface area contributed by atoms with Gasteiger partial charge in [0, 0.05) is 18.4 Å². The van der Waals surface area contributed by atoms with Crippen LogP contribution in [0.4, 0.5) is 0 Å². The van der Waals surface area contributed by atoms with E-state index in [1.807, 2.05) is 0 Å². The number of nitrogens with one attached hydrogen (secondary N) is 1. The van der Waals surface area contributed by atoms with Crippen molar-refractivity contribution in [2.75, 3.05) is 39.5 Å². The van der Waals surface area contributed by atoms with Gasteiger partial charge in [0.25, 0.3) is 0 Å². The Morgan fingerprint density at radius 3 is 2.57 bits per heavy atom. The molecule has 1 N–H and O–H groups in total. The molecular weight excluding hydrogens is 286 g/mol. The maximum absolute atomic E-state index is 6.08. The zero-order valence-corrected chi connectivity index (χ0v) is 14.7. The van der Waals surface area contributed by atoms with Crippen LogP contribution in [0.1, 0.15) is 38.7 Å². The summed E-state index contributed by atoms with van der Waals surface area (Å²) in [7, 11) is 0. The first-order valence-electron chi connectivity index (χ1n) is 9.28. The van der Waals surface area contributed by atoms with Crippen LogP contribution in [0.5, 0.6) is 0 Å². The fourth-order valence-electron chi connectivity index (χ4n) is 4.13. The molecule has 3 nitrogen and oxygen atoms in total. The summed E-state index contributed by atoms with van der Waals surface area (Å²) in [4.78, 5) is 1.71. The number of benzene rings is 1. The highest BCUT2D eigenvalue weighted by Crippen LogP contribution is 2.41. The molecule has 0 saturated carbocycles. The predicted molar refractivity (Wildman–Crippen MR) is 92.9 cm³/mol. The minimum absolute atomic E-state index is 0.291. The smallest absolute Gasteiger partial charge is 0.101 e. The molecule has 0 unspecified atom stereocenters. The van der Waals surface area contributed by atoms with Gasteiger partial charge in [-0.15, -0.1) is 0 Å². The Hall–Kier alpha value is -0.900. The van der Waals surface area contributed by atoms with Crippen molar-refractivity contribution in [3.05, 3.63) is 35.9 Å². The Kier molecular flexibility index (Phi) is 5.73. The molecular formula is C20H32NO2+. The maximum Gasteiger partial charge on any atom is 0.101 e. The standard InChI is InChI=1S/C20H31NO2/c1-17(2)19-16-20(9-13-23-19,18-6-4-3-5-7-18)8-10-21-11-14-22-15-12-21/h3-7,17,19H,8-16H2,1-2H3/p+1/t19-,20-/m1/s1. The molecule has 23 heavy (non-hydrogen) atoms. The van der Waals surface area contributed by atoms with E-state index in [1.165, 1.54) is 24.9 Å². The number of rotatable bonds is 5. The highest BCUT2D eigenvalue weighted by atomic mass is 16.5. The molecule has 1 aromatic carbocycles. The summed E-state index contributed by atoms with van der Waals surface area (Å²) in [6.45, 7) is 10.9. The highest BCUT2D eigenvalue weighted by molar-refractivity contribution is 5.26. The first kappa shape index (κ1) is 16.9. The monoisotopic (exact) mass is 318 g/mol. The van der Waals surface area contributed by atoms with Crippen LogP contribution in [0, 0.1) is 5.92 Å². The second-order valence-electron chi connectivity index (χ2n) is 7.62. The van der Waals surface area contributed by atoms with E-state index < -0.39 is 0 Å². The minimum Gasteiger partial charge on any atom is -0.378 e. The molecule has 0 aromatic heterocycles. The summed E-state index contributed by atoms with van der Waals surface area (Å²) in [6, 6.07) is 11.2. The first-order valence-corrected chi connectivity index (χ1v) is 9.28. The topological polar surface area (TPSA) is 22.9 Å².